The number of nitro benzene ring substituents is 1. The van der Waals surface area contributed by atoms with E-state index in [1.165, 1.54) is 6.07 Å². The van der Waals surface area contributed by atoms with Gasteiger partial charge in [-0.1, -0.05) is 12.1 Å². The monoisotopic (exact) mass is 279 g/mol. The summed E-state index contributed by atoms with van der Waals surface area (Å²) in [6, 6.07) is 5.06. The first kappa shape index (κ1) is 14.7. The standard InChI is InChI=1S/C13H21N5O2/c1-16-6-3-7-17(9-8-16)10-11-4-2-5-12(18(19)20)13(11)15-14/h2,4-5,15H,3,6-10,14H2,1H3. The van der Waals surface area contributed by atoms with Crippen LogP contribution < -0.4 is 11.3 Å². The van der Waals surface area contributed by atoms with Crippen molar-refractivity contribution in [2.45, 2.75) is 13.0 Å². The van der Waals surface area contributed by atoms with Crippen LogP contribution in [-0.4, -0.2) is 47.9 Å². The summed E-state index contributed by atoms with van der Waals surface area (Å²) in [5.74, 6) is 5.47. The highest BCUT2D eigenvalue weighted by atomic mass is 16.6. The zero-order valence-electron chi connectivity index (χ0n) is 11.7. The van der Waals surface area contributed by atoms with Gasteiger partial charge in [-0.3, -0.25) is 20.9 Å². The predicted octanol–water partition coefficient (Wildman–Crippen LogP) is 1.02. The van der Waals surface area contributed by atoms with E-state index < -0.39 is 4.92 Å². The summed E-state index contributed by atoms with van der Waals surface area (Å²) in [7, 11) is 2.11. The Morgan fingerprint density at radius 3 is 2.85 bits per heavy atom. The number of nitro groups is 1. The van der Waals surface area contributed by atoms with Crippen LogP contribution in [0.1, 0.15) is 12.0 Å². The van der Waals surface area contributed by atoms with E-state index in [0.29, 0.717) is 12.2 Å². The maximum atomic E-state index is 11.0. The SMILES string of the molecule is CN1CCCN(Cc2cccc([N+](=O)[O-])c2NN)CC1. The number of para-hydroxylation sites is 1. The first-order valence-electron chi connectivity index (χ1n) is 6.75. The molecule has 0 saturated carbocycles. The van der Waals surface area contributed by atoms with Gasteiger partial charge >= 0.3 is 0 Å². The average molecular weight is 279 g/mol. The third-order valence-electron chi connectivity index (χ3n) is 3.68. The summed E-state index contributed by atoms with van der Waals surface area (Å²) < 4.78 is 0. The van der Waals surface area contributed by atoms with Crippen molar-refractivity contribution in [2.75, 3.05) is 38.7 Å². The number of anilines is 1. The van der Waals surface area contributed by atoms with E-state index in [4.69, 9.17) is 5.84 Å². The average Bonchev–Trinajstić information content (AvgIpc) is 2.63. The van der Waals surface area contributed by atoms with E-state index in [2.05, 4.69) is 22.3 Å². The fourth-order valence-corrected chi connectivity index (χ4v) is 2.54. The number of nitrogens with two attached hydrogens (primary N) is 1. The van der Waals surface area contributed by atoms with Gasteiger partial charge in [0, 0.05) is 25.7 Å². The zero-order valence-corrected chi connectivity index (χ0v) is 11.7. The maximum absolute atomic E-state index is 11.0. The largest absolute Gasteiger partial charge is 0.318 e. The number of nitrogens with one attached hydrogen (secondary N) is 1. The minimum Gasteiger partial charge on any atom is -0.318 e. The third-order valence-corrected chi connectivity index (χ3v) is 3.68. The molecule has 0 spiro atoms. The fourth-order valence-electron chi connectivity index (χ4n) is 2.54. The second kappa shape index (κ2) is 6.65. The summed E-state index contributed by atoms with van der Waals surface area (Å²) >= 11 is 0. The molecule has 20 heavy (non-hydrogen) atoms. The Labute approximate surface area is 118 Å². The molecule has 0 amide bonds. The summed E-state index contributed by atoms with van der Waals surface area (Å²) in [5, 5.41) is 11.0. The molecular weight excluding hydrogens is 258 g/mol. The lowest BCUT2D eigenvalue weighted by molar-refractivity contribution is -0.384. The van der Waals surface area contributed by atoms with Crippen LogP contribution in [0.3, 0.4) is 0 Å². The van der Waals surface area contributed by atoms with Gasteiger partial charge in [-0.15, -0.1) is 0 Å². The van der Waals surface area contributed by atoms with Crippen molar-refractivity contribution in [3.05, 3.63) is 33.9 Å². The third kappa shape index (κ3) is 3.44. The van der Waals surface area contributed by atoms with E-state index in [9.17, 15) is 10.1 Å². The summed E-state index contributed by atoms with van der Waals surface area (Å²) in [4.78, 5) is 15.2. The maximum Gasteiger partial charge on any atom is 0.293 e. The molecule has 0 aliphatic carbocycles. The summed E-state index contributed by atoms with van der Waals surface area (Å²) in [6.45, 7) is 4.74. The number of rotatable bonds is 4. The summed E-state index contributed by atoms with van der Waals surface area (Å²) in [6.07, 6.45) is 1.11. The highest BCUT2D eigenvalue weighted by molar-refractivity contribution is 5.65. The van der Waals surface area contributed by atoms with Crippen molar-refractivity contribution in [2.24, 2.45) is 5.84 Å². The van der Waals surface area contributed by atoms with Gasteiger partial charge in [0.05, 0.1) is 4.92 Å². The Kier molecular flexibility index (Phi) is 4.89. The fraction of sp³-hybridized carbons (Fsp3) is 0.538. The molecular formula is C13H21N5O2. The first-order valence-corrected chi connectivity index (χ1v) is 6.75. The molecule has 110 valence electrons. The molecule has 1 aliphatic heterocycles. The van der Waals surface area contributed by atoms with E-state index in [1.807, 2.05) is 6.07 Å². The van der Waals surface area contributed by atoms with Crippen molar-refractivity contribution in [1.29, 1.82) is 0 Å². The first-order chi connectivity index (χ1) is 9.61. The Balaban J connectivity index is 2.16. The Morgan fingerprint density at radius 1 is 1.35 bits per heavy atom. The number of nitrogen functional groups attached to an aromatic ring is 1. The van der Waals surface area contributed by atoms with Gasteiger partial charge in [-0.2, -0.15) is 0 Å². The van der Waals surface area contributed by atoms with Crippen LogP contribution in [0, 0.1) is 10.1 Å². The van der Waals surface area contributed by atoms with E-state index in [0.717, 1.165) is 38.2 Å². The number of likely N-dealkylation sites (N-methyl/N-ethyl adjacent to an activating group) is 1. The van der Waals surface area contributed by atoms with Gasteiger partial charge in [-0.05, 0) is 32.1 Å². The van der Waals surface area contributed by atoms with E-state index in [1.54, 1.807) is 6.07 Å². The molecule has 0 radical (unpaired) electrons. The van der Waals surface area contributed by atoms with Gasteiger partial charge < -0.3 is 10.3 Å². The Bertz CT molecular complexity index is 480. The van der Waals surface area contributed by atoms with Gasteiger partial charge in [0.25, 0.3) is 5.69 Å². The number of hydrazine groups is 1. The van der Waals surface area contributed by atoms with E-state index in [-0.39, 0.29) is 5.69 Å². The number of benzene rings is 1. The lowest BCUT2D eigenvalue weighted by atomic mass is 10.1. The lowest BCUT2D eigenvalue weighted by Gasteiger charge is -2.21. The van der Waals surface area contributed by atoms with Crippen molar-refractivity contribution in [3.8, 4) is 0 Å². The van der Waals surface area contributed by atoms with Crippen LogP contribution in [0.5, 0.6) is 0 Å². The number of hydrogen-bond acceptors (Lipinski definition) is 6. The predicted molar refractivity (Wildman–Crippen MR) is 78.3 cm³/mol. The molecule has 1 heterocycles. The van der Waals surface area contributed by atoms with Gasteiger partial charge in [0.2, 0.25) is 0 Å². The van der Waals surface area contributed by atoms with Crippen molar-refractivity contribution in [1.82, 2.24) is 9.80 Å². The van der Waals surface area contributed by atoms with Crippen LogP contribution in [0.2, 0.25) is 0 Å². The molecule has 0 bridgehead atoms. The quantitative estimate of drug-likeness (QED) is 0.486. The van der Waals surface area contributed by atoms with Gasteiger partial charge in [-0.25, -0.2) is 0 Å². The van der Waals surface area contributed by atoms with Gasteiger partial charge in [0.1, 0.15) is 5.69 Å². The van der Waals surface area contributed by atoms with Crippen LogP contribution in [0.4, 0.5) is 11.4 Å². The molecule has 7 nitrogen and oxygen atoms in total. The topological polar surface area (TPSA) is 87.7 Å². The molecule has 0 aromatic heterocycles. The highest BCUT2D eigenvalue weighted by Gasteiger charge is 2.19. The second-order valence-corrected chi connectivity index (χ2v) is 5.15. The number of nitrogens with zero attached hydrogens (tertiary/aromatic N) is 3. The van der Waals surface area contributed by atoms with Crippen LogP contribution in [-0.2, 0) is 6.54 Å². The summed E-state index contributed by atoms with van der Waals surface area (Å²) in [5.41, 5.74) is 3.78. The van der Waals surface area contributed by atoms with E-state index >= 15 is 0 Å². The second-order valence-electron chi connectivity index (χ2n) is 5.15. The van der Waals surface area contributed by atoms with Crippen molar-refractivity contribution in [3.63, 3.8) is 0 Å². The molecule has 1 saturated heterocycles. The highest BCUT2D eigenvalue weighted by Crippen LogP contribution is 2.28. The lowest BCUT2D eigenvalue weighted by Crippen LogP contribution is -2.29. The molecule has 1 aliphatic rings. The van der Waals surface area contributed by atoms with Crippen LogP contribution in [0.15, 0.2) is 18.2 Å². The molecule has 1 aromatic carbocycles. The van der Waals surface area contributed by atoms with Gasteiger partial charge in [0.15, 0.2) is 0 Å². The molecule has 0 atom stereocenters. The molecule has 1 aromatic rings. The molecule has 0 unspecified atom stereocenters. The zero-order chi connectivity index (χ0) is 14.5. The van der Waals surface area contributed by atoms with Crippen molar-refractivity contribution < 1.29 is 4.92 Å². The molecule has 1 fully saturated rings. The minimum absolute atomic E-state index is 0.0249. The molecule has 2 rings (SSSR count). The minimum atomic E-state index is -0.408. The Morgan fingerprint density at radius 2 is 2.15 bits per heavy atom. The molecule has 7 heteroatoms. The number of hydrogen-bond donors (Lipinski definition) is 2. The molecule has 3 N–H and O–H groups in total. The van der Waals surface area contributed by atoms with Crippen LogP contribution in [0.25, 0.3) is 0 Å². The smallest absolute Gasteiger partial charge is 0.293 e. The Hall–Kier alpha value is -1.70. The van der Waals surface area contributed by atoms with Crippen molar-refractivity contribution >= 4 is 11.4 Å². The van der Waals surface area contributed by atoms with Crippen LogP contribution >= 0.6 is 0 Å². The normalized spacial score (nSPS) is 17.7.